The zero-order valence-corrected chi connectivity index (χ0v) is 8.73. The van der Waals surface area contributed by atoms with Gasteiger partial charge in [-0.15, -0.1) is 11.3 Å². The first-order valence-electron chi connectivity index (χ1n) is 4.44. The zero-order valence-electron chi connectivity index (χ0n) is 7.91. The Morgan fingerprint density at radius 2 is 2.21 bits per heavy atom. The van der Waals surface area contributed by atoms with Crippen LogP contribution < -0.4 is 5.73 Å². The normalized spacial score (nSPS) is 10.7. The number of Topliss-reactive ketones (excluding diaryl/α,β-unsaturated/α-hetero) is 1. The molecule has 0 spiro atoms. The van der Waals surface area contributed by atoms with Crippen LogP contribution in [0.25, 0.3) is 10.1 Å². The molecule has 0 radical (unpaired) electrons. The molecule has 1 aromatic carbocycles. The van der Waals surface area contributed by atoms with Crippen LogP contribution in [-0.2, 0) is 0 Å². The number of hydrogen-bond donors (Lipinski definition) is 1. The predicted octanol–water partition coefficient (Wildman–Crippen LogP) is 2.35. The molecule has 0 aliphatic rings. The maximum absolute atomic E-state index is 11.5. The summed E-state index contributed by atoms with van der Waals surface area (Å²) in [5.74, 6) is 0.0119. The molecule has 2 aromatic rings. The summed E-state index contributed by atoms with van der Waals surface area (Å²) < 4.78 is 1.18. The minimum absolute atomic E-state index is 0.0119. The highest BCUT2D eigenvalue weighted by molar-refractivity contribution is 7.17. The number of thiophene rings is 1. The Balaban J connectivity index is 2.67. The summed E-state index contributed by atoms with van der Waals surface area (Å²) in [7, 11) is 0. The van der Waals surface area contributed by atoms with Gasteiger partial charge in [-0.1, -0.05) is 12.1 Å². The topological polar surface area (TPSA) is 43.1 Å². The lowest BCUT2D eigenvalue weighted by atomic mass is 10.0. The van der Waals surface area contributed by atoms with E-state index in [1.54, 1.807) is 11.3 Å². The number of ketones is 1. The number of hydrogen-bond acceptors (Lipinski definition) is 3. The van der Waals surface area contributed by atoms with Crippen LogP contribution in [0.15, 0.2) is 23.6 Å². The summed E-state index contributed by atoms with van der Waals surface area (Å²) >= 11 is 1.66. The Bertz CT molecular complexity index is 487. The number of nitrogens with two attached hydrogens (primary N) is 1. The highest BCUT2D eigenvalue weighted by Gasteiger charge is 2.09. The number of carbonyl (C=O) groups excluding carboxylic acids is 1. The molecule has 1 heterocycles. The molecule has 0 amide bonds. The Hall–Kier alpha value is -1.19. The third kappa shape index (κ3) is 1.35. The SMILES string of the molecule is Cc1c(C(=O)CN)ccc2ccsc12. The van der Waals surface area contributed by atoms with Crippen LogP contribution in [0, 0.1) is 6.92 Å². The minimum Gasteiger partial charge on any atom is -0.324 e. The van der Waals surface area contributed by atoms with E-state index in [0.29, 0.717) is 0 Å². The van der Waals surface area contributed by atoms with E-state index in [0.717, 1.165) is 11.1 Å². The van der Waals surface area contributed by atoms with Gasteiger partial charge < -0.3 is 5.73 Å². The summed E-state index contributed by atoms with van der Waals surface area (Å²) in [5, 5.41) is 3.23. The molecule has 2 nitrogen and oxygen atoms in total. The fourth-order valence-electron chi connectivity index (χ4n) is 1.59. The van der Waals surface area contributed by atoms with Gasteiger partial charge in [0.25, 0.3) is 0 Å². The summed E-state index contributed by atoms with van der Waals surface area (Å²) in [6.45, 7) is 2.06. The fourth-order valence-corrected chi connectivity index (χ4v) is 2.50. The monoisotopic (exact) mass is 205 g/mol. The summed E-state index contributed by atoms with van der Waals surface area (Å²) in [6.07, 6.45) is 0. The van der Waals surface area contributed by atoms with Crippen molar-refractivity contribution in [1.29, 1.82) is 0 Å². The number of benzene rings is 1. The van der Waals surface area contributed by atoms with E-state index < -0.39 is 0 Å². The lowest BCUT2D eigenvalue weighted by Gasteiger charge is -2.03. The molecule has 72 valence electrons. The van der Waals surface area contributed by atoms with E-state index in [4.69, 9.17) is 5.73 Å². The fraction of sp³-hybridized carbons (Fsp3) is 0.182. The molecule has 1 aromatic heterocycles. The van der Waals surface area contributed by atoms with E-state index in [9.17, 15) is 4.79 Å². The predicted molar refractivity (Wildman–Crippen MR) is 59.9 cm³/mol. The molecule has 0 atom stereocenters. The number of rotatable bonds is 2. The maximum Gasteiger partial charge on any atom is 0.176 e. The summed E-state index contributed by atoms with van der Waals surface area (Å²) in [4.78, 5) is 11.5. The molecular formula is C11H11NOS. The lowest BCUT2D eigenvalue weighted by molar-refractivity contribution is 0.100. The second-order valence-corrected chi connectivity index (χ2v) is 4.12. The van der Waals surface area contributed by atoms with Gasteiger partial charge in [0.05, 0.1) is 6.54 Å². The molecule has 2 rings (SSSR count). The van der Waals surface area contributed by atoms with Gasteiger partial charge in [0.1, 0.15) is 0 Å². The second kappa shape index (κ2) is 3.52. The van der Waals surface area contributed by atoms with Crippen molar-refractivity contribution < 1.29 is 4.79 Å². The Labute approximate surface area is 86.3 Å². The Morgan fingerprint density at radius 3 is 2.93 bits per heavy atom. The van der Waals surface area contributed by atoms with Crippen LogP contribution in [0.3, 0.4) is 0 Å². The molecule has 14 heavy (non-hydrogen) atoms. The number of fused-ring (bicyclic) bond motifs is 1. The van der Waals surface area contributed by atoms with Crippen molar-refractivity contribution in [2.24, 2.45) is 5.73 Å². The van der Waals surface area contributed by atoms with Gasteiger partial charge in [-0.2, -0.15) is 0 Å². The van der Waals surface area contributed by atoms with E-state index in [1.807, 2.05) is 24.4 Å². The van der Waals surface area contributed by atoms with E-state index in [-0.39, 0.29) is 12.3 Å². The van der Waals surface area contributed by atoms with Crippen molar-refractivity contribution in [3.05, 3.63) is 34.7 Å². The zero-order chi connectivity index (χ0) is 10.1. The van der Waals surface area contributed by atoms with E-state index in [1.165, 1.54) is 10.1 Å². The van der Waals surface area contributed by atoms with Crippen LogP contribution >= 0.6 is 11.3 Å². The van der Waals surface area contributed by atoms with Crippen molar-refractivity contribution in [3.8, 4) is 0 Å². The first-order valence-corrected chi connectivity index (χ1v) is 5.32. The maximum atomic E-state index is 11.5. The smallest absolute Gasteiger partial charge is 0.176 e. The molecule has 0 aliphatic heterocycles. The average molecular weight is 205 g/mol. The van der Waals surface area contributed by atoms with Gasteiger partial charge in [-0.05, 0) is 29.3 Å². The molecule has 0 unspecified atom stereocenters. The molecule has 0 saturated heterocycles. The third-order valence-corrected chi connectivity index (χ3v) is 3.41. The number of aryl methyl sites for hydroxylation is 1. The third-order valence-electron chi connectivity index (χ3n) is 2.36. The van der Waals surface area contributed by atoms with Crippen LogP contribution in [0.5, 0.6) is 0 Å². The molecule has 0 aliphatic carbocycles. The highest BCUT2D eigenvalue weighted by Crippen LogP contribution is 2.26. The summed E-state index contributed by atoms with van der Waals surface area (Å²) in [5.41, 5.74) is 7.15. The van der Waals surface area contributed by atoms with Crippen LogP contribution in [0.4, 0.5) is 0 Å². The second-order valence-electron chi connectivity index (χ2n) is 3.20. The van der Waals surface area contributed by atoms with Crippen LogP contribution in [0.1, 0.15) is 15.9 Å². The molecule has 3 heteroatoms. The van der Waals surface area contributed by atoms with Gasteiger partial charge in [-0.3, -0.25) is 4.79 Å². The van der Waals surface area contributed by atoms with Gasteiger partial charge in [0.2, 0.25) is 0 Å². The van der Waals surface area contributed by atoms with Gasteiger partial charge >= 0.3 is 0 Å². The largest absolute Gasteiger partial charge is 0.324 e. The van der Waals surface area contributed by atoms with Gasteiger partial charge in [0.15, 0.2) is 5.78 Å². The first kappa shape index (κ1) is 9.37. The van der Waals surface area contributed by atoms with Crippen molar-refractivity contribution in [1.82, 2.24) is 0 Å². The Kier molecular flexibility index (Phi) is 2.35. The van der Waals surface area contributed by atoms with Gasteiger partial charge in [-0.25, -0.2) is 0 Å². The molecular weight excluding hydrogens is 194 g/mol. The quantitative estimate of drug-likeness (QED) is 0.765. The van der Waals surface area contributed by atoms with Crippen LogP contribution in [0.2, 0.25) is 0 Å². The Morgan fingerprint density at radius 1 is 1.43 bits per heavy atom. The van der Waals surface area contributed by atoms with Crippen molar-refractivity contribution in [3.63, 3.8) is 0 Å². The van der Waals surface area contributed by atoms with Crippen molar-refractivity contribution in [2.75, 3.05) is 6.54 Å². The lowest BCUT2D eigenvalue weighted by Crippen LogP contribution is -2.14. The average Bonchev–Trinajstić information content (AvgIpc) is 2.66. The number of carbonyl (C=O) groups is 1. The van der Waals surface area contributed by atoms with E-state index >= 15 is 0 Å². The van der Waals surface area contributed by atoms with Crippen molar-refractivity contribution >= 4 is 27.2 Å². The molecule has 2 N–H and O–H groups in total. The summed E-state index contributed by atoms with van der Waals surface area (Å²) in [6, 6.07) is 5.89. The van der Waals surface area contributed by atoms with E-state index in [2.05, 4.69) is 6.07 Å². The first-order chi connectivity index (χ1) is 6.74. The molecule has 0 saturated carbocycles. The standard InChI is InChI=1S/C11H11NOS/c1-7-9(10(13)6-12)3-2-8-4-5-14-11(7)8/h2-5H,6,12H2,1H3. The highest BCUT2D eigenvalue weighted by atomic mass is 32.1. The van der Waals surface area contributed by atoms with Crippen molar-refractivity contribution in [2.45, 2.75) is 6.92 Å². The molecule has 0 bridgehead atoms. The van der Waals surface area contributed by atoms with Crippen LogP contribution in [-0.4, -0.2) is 12.3 Å². The minimum atomic E-state index is 0.0119. The van der Waals surface area contributed by atoms with Gasteiger partial charge in [0, 0.05) is 10.3 Å². The molecule has 0 fully saturated rings.